The van der Waals surface area contributed by atoms with Crippen LogP contribution in [0.4, 0.5) is 0 Å². The first kappa shape index (κ1) is 22.6. The number of hydrogen-bond donors (Lipinski definition) is 2. The Balaban J connectivity index is 0.00000117. The van der Waals surface area contributed by atoms with E-state index in [2.05, 4.69) is 45.3 Å². The van der Waals surface area contributed by atoms with Gasteiger partial charge in [0.25, 0.3) is 0 Å². The molecule has 7 unspecified atom stereocenters. The summed E-state index contributed by atoms with van der Waals surface area (Å²) in [5.74, 6) is 2.79. The monoisotopic (exact) mass is 404 g/mol. The van der Waals surface area contributed by atoms with E-state index in [9.17, 15) is 9.59 Å². The van der Waals surface area contributed by atoms with Crippen molar-refractivity contribution in [2.75, 3.05) is 0 Å². The van der Waals surface area contributed by atoms with E-state index in [4.69, 9.17) is 0 Å². The van der Waals surface area contributed by atoms with E-state index < -0.39 is 0 Å². The van der Waals surface area contributed by atoms with Gasteiger partial charge in [-0.1, -0.05) is 27.7 Å². The lowest BCUT2D eigenvalue weighted by Gasteiger charge is -2.60. The average Bonchev–Trinajstić information content (AvgIpc) is 3.00. The van der Waals surface area contributed by atoms with Gasteiger partial charge in [-0.15, -0.1) is 0 Å². The summed E-state index contributed by atoms with van der Waals surface area (Å²) in [4.78, 5) is 25.0. The SMILES string of the molecule is CC.CC(C)(C)NC(=O)C1CCC2C3CCC4NC(=O)CCC4(C)C3CCC12C. The highest BCUT2D eigenvalue weighted by Gasteiger charge is 2.61. The van der Waals surface area contributed by atoms with Crippen LogP contribution in [0, 0.1) is 34.5 Å². The molecule has 7 atom stereocenters. The number of nitrogens with one attached hydrogen (secondary N) is 2. The van der Waals surface area contributed by atoms with Crippen LogP contribution in [0.15, 0.2) is 0 Å². The molecule has 0 aromatic carbocycles. The Hall–Kier alpha value is -1.06. The summed E-state index contributed by atoms with van der Waals surface area (Å²) in [7, 11) is 0. The second-order valence-electron chi connectivity index (χ2n) is 11.5. The fourth-order valence-electron chi connectivity index (χ4n) is 7.59. The van der Waals surface area contributed by atoms with E-state index in [1.807, 2.05) is 13.8 Å². The Morgan fingerprint density at radius 3 is 2.28 bits per heavy atom. The first-order valence-corrected chi connectivity index (χ1v) is 12.2. The molecule has 4 rings (SSSR count). The number of carbonyl (C=O) groups excluding carboxylic acids is 2. The average molecular weight is 405 g/mol. The highest BCUT2D eigenvalue weighted by atomic mass is 16.2. The normalized spacial score (nSPS) is 43.7. The zero-order chi connectivity index (χ0) is 21.6. The summed E-state index contributed by atoms with van der Waals surface area (Å²) < 4.78 is 0. The summed E-state index contributed by atoms with van der Waals surface area (Å²) in [5, 5.41) is 6.57. The molecule has 29 heavy (non-hydrogen) atoms. The van der Waals surface area contributed by atoms with Crippen molar-refractivity contribution in [2.45, 2.75) is 111 Å². The van der Waals surface area contributed by atoms with Crippen LogP contribution in [0.25, 0.3) is 0 Å². The summed E-state index contributed by atoms with van der Waals surface area (Å²) in [6.45, 7) is 15.1. The lowest BCUT2D eigenvalue weighted by Crippen LogP contribution is -2.61. The molecule has 1 saturated heterocycles. The predicted octanol–water partition coefficient (Wildman–Crippen LogP) is 5.06. The molecule has 0 bridgehead atoms. The Labute approximate surface area is 178 Å². The van der Waals surface area contributed by atoms with Crippen LogP contribution < -0.4 is 10.6 Å². The Bertz CT molecular complexity index is 639. The molecule has 0 aromatic heterocycles. The maximum absolute atomic E-state index is 13.0. The molecule has 0 spiro atoms. The zero-order valence-corrected chi connectivity index (χ0v) is 19.9. The molecule has 1 heterocycles. The Morgan fingerprint density at radius 2 is 1.62 bits per heavy atom. The van der Waals surface area contributed by atoms with Crippen LogP contribution in [0.3, 0.4) is 0 Å². The van der Waals surface area contributed by atoms with Crippen LogP contribution in [0.2, 0.25) is 0 Å². The topological polar surface area (TPSA) is 58.2 Å². The van der Waals surface area contributed by atoms with Crippen molar-refractivity contribution in [3.8, 4) is 0 Å². The molecular formula is C25H44N2O2. The van der Waals surface area contributed by atoms with Crippen molar-refractivity contribution in [1.82, 2.24) is 10.6 Å². The van der Waals surface area contributed by atoms with Gasteiger partial charge in [-0.05, 0) is 94.3 Å². The third-order valence-electron chi connectivity index (χ3n) is 8.91. The quantitative estimate of drug-likeness (QED) is 0.641. The molecule has 4 nitrogen and oxygen atoms in total. The van der Waals surface area contributed by atoms with Gasteiger partial charge >= 0.3 is 0 Å². The molecule has 4 fully saturated rings. The number of carbonyl (C=O) groups is 2. The molecule has 1 aliphatic heterocycles. The summed E-state index contributed by atoms with van der Waals surface area (Å²) >= 11 is 0. The van der Waals surface area contributed by atoms with Crippen molar-refractivity contribution < 1.29 is 9.59 Å². The van der Waals surface area contributed by atoms with E-state index in [1.165, 1.54) is 19.3 Å². The van der Waals surface area contributed by atoms with Gasteiger partial charge < -0.3 is 10.6 Å². The van der Waals surface area contributed by atoms with Gasteiger partial charge in [-0.2, -0.15) is 0 Å². The molecule has 2 N–H and O–H groups in total. The van der Waals surface area contributed by atoms with Gasteiger partial charge in [-0.3, -0.25) is 9.59 Å². The van der Waals surface area contributed by atoms with Crippen LogP contribution in [-0.2, 0) is 9.59 Å². The molecule has 0 radical (unpaired) electrons. The number of piperidine rings is 1. The molecule has 166 valence electrons. The molecular weight excluding hydrogens is 360 g/mol. The molecule has 2 amide bonds. The van der Waals surface area contributed by atoms with Gasteiger partial charge in [0.2, 0.25) is 11.8 Å². The summed E-state index contributed by atoms with van der Waals surface area (Å²) in [6.07, 6.45) is 8.71. The van der Waals surface area contributed by atoms with Crippen molar-refractivity contribution in [2.24, 2.45) is 34.5 Å². The predicted molar refractivity (Wildman–Crippen MR) is 118 cm³/mol. The first-order chi connectivity index (χ1) is 13.5. The fourth-order valence-corrected chi connectivity index (χ4v) is 7.59. The van der Waals surface area contributed by atoms with Gasteiger partial charge in [0.1, 0.15) is 0 Å². The van der Waals surface area contributed by atoms with E-state index in [-0.39, 0.29) is 34.1 Å². The summed E-state index contributed by atoms with van der Waals surface area (Å²) in [5.41, 5.74) is 0.246. The molecule has 3 saturated carbocycles. The highest BCUT2D eigenvalue weighted by Crippen LogP contribution is 2.65. The third-order valence-corrected chi connectivity index (χ3v) is 8.91. The smallest absolute Gasteiger partial charge is 0.224 e. The van der Waals surface area contributed by atoms with Gasteiger partial charge in [0, 0.05) is 23.9 Å². The largest absolute Gasteiger partial charge is 0.353 e. The van der Waals surface area contributed by atoms with E-state index in [0.29, 0.717) is 24.3 Å². The van der Waals surface area contributed by atoms with Crippen molar-refractivity contribution in [3.63, 3.8) is 0 Å². The molecule has 0 aromatic rings. The van der Waals surface area contributed by atoms with Crippen LogP contribution in [-0.4, -0.2) is 23.4 Å². The van der Waals surface area contributed by atoms with Crippen molar-refractivity contribution in [1.29, 1.82) is 0 Å². The number of rotatable bonds is 1. The van der Waals surface area contributed by atoms with Crippen LogP contribution in [0.1, 0.15) is 99.8 Å². The highest BCUT2D eigenvalue weighted by molar-refractivity contribution is 5.80. The zero-order valence-electron chi connectivity index (χ0n) is 19.9. The Morgan fingerprint density at radius 1 is 0.966 bits per heavy atom. The maximum Gasteiger partial charge on any atom is 0.224 e. The van der Waals surface area contributed by atoms with E-state index >= 15 is 0 Å². The second kappa shape index (κ2) is 7.89. The number of fused-ring (bicyclic) bond motifs is 5. The third kappa shape index (κ3) is 3.85. The minimum Gasteiger partial charge on any atom is -0.353 e. The molecule has 3 aliphatic carbocycles. The Kier molecular flexibility index (Phi) is 6.15. The van der Waals surface area contributed by atoms with Crippen molar-refractivity contribution in [3.05, 3.63) is 0 Å². The minimum atomic E-state index is -0.158. The standard InChI is InChI=1S/C23H38N2O2.C2H6/c1-21(2,3)25-20(27)17-8-7-15-14-6-9-18-23(5,13-11-19(26)24-18)16(14)10-12-22(15,17)4;1-2/h14-18H,6-13H2,1-5H3,(H,24,26)(H,25,27);1-2H3. The molecule has 4 aliphatic rings. The fraction of sp³-hybridized carbons (Fsp3) is 0.920. The summed E-state index contributed by atoms with van der Waals surface area (Å²) in [6, 6.07) is 0.366. The van der Waals surface area contributed by atoms with Crippen LogP contribution in [0.5, 0.6) is 0 Å². The van der Waals surface area contributed by atoms with Gasteiger partial charge in [-0.25, -0.2) is 0 Å². The van der Waals surface area contributed by atoms with Gasteiger partial charge in [0.15, 0.2) is 0 Å². The number of hydrogen-bond acceptors (Lipinski definition) is 2. The second-order valence-corrected chi connectivity index (χ2v) is 11.5. The number of amides is 2. The lowest BCUT2D eigenvalue weighted by molar-refractivity contribution is -0.142. The van der Waals surface area contributed by atoms with Crippen molar-refractivity contribution >= 4 is 11.8 Å². The van der Waals surface area contributed by atoms with E-state index in [1.54, 1.807) is 0 Å². The minimum absolute atomic E-state index is 0.150. The van der Waals surface area contributed by atoms with Crippen LogP contribution >= 0.6 is 0 Å². The van der Waals surface area contributed by atoms with Gasteiger partial charge in [0.05, 0.1) is 0 Å². The maximum atomic E-state index is 13.0. The molecule has 4 heteroatoms. The van der Waals surface area contributed by atoms with E-state index in [0.717, 1.165) is 31.6 Å². The first-order valence-electron chi connectivity index (χ1n) is 12.2. The lowest BCUT2D eigenvalue weighted by atomic mass is 9.47.